The Hall–Kier alpha value is -1.89. The van der Waals surface area contributed by atoms with E-state index >= 15 is 0 Å². The van der Waals surface area contributed by atoms with Crippen LogP contribution >= 0.6 is 0 Å². The maximum Gasteiger partial charge on any atom is 0.238 e. The lowest BCUT2D eigenvalue weighted by Crippen LogP contribution is -2.43. The van der Waals surface area contributed by atoms with Gasteiger partial charge in [0.25, 0.3) is 0 Å². The molecule has 1 saturated heterocycles. The quantitative estimate of drug-likeness (QED) is 0.878. The summed E-state index contributed by atoms with van der Waals surface area (Å²) >= 11 is 0. The first-order valence-corrected chi connectivity index (χ1v) is 9.23. The van der Waals surface area contributed by atoms with Gasteiger partial charge in [-0.05, 0) is 38.3 Å². The number of likely N-dealkylation sites (tertiary alicyclic amines) is 1. The number of aryl methyl sites for hydroxylation is 2. The lowest BCUT2D eigenvalue weighted by Gasteiger charge is -2.30. The number of carbonyl (C=O) groups is 2. The summed E-state index contributed by atoms with van der Waals surface area (Å²) in [6.07, 6.45) is 0.982. The molecule has 126 valence electrons. The van der Waals surface area contributed by atoms with E-state index in [1.807, 2.05) is 6.92 Å². The van der Waals surface area contributed by atoms with Crippen LogP contribution < -0.4 is 5.73 Å². The minimum Gasteiger partial charge on any atom is -0.369 e. The highest BCUT2D eigenvalue weighted by Crippen LogP contribution is 2.20. The molecule has 2 amide bonds. The van der Waals surface area contributed by atoms with Crippen molar-refractivity contribution >= 4 is 21.7 Å². The number of rotatable bonds is 4. The molecule has 0 spiro atoms. The number of piperidine rings is 1. The molecule has 6 nitrogen and oxygen atoms in total. The number of hydrogen-bond acceptors (Lipinski definition) is 4. The van der Waals surface area contributed by atoms with Crippen molar-refractivity contribution in [2.24, 2.45) is 11.7 Å². The van der Waals surface area contributed by atoms with Crippen LogP contribution in [0.25, 0.3) is 0 Å². The van der Waals surface area contributed by atoms with Crippen molar-refractivity contribution in [2.45, 2.75) is 31.6 Å². The highest BCUT2D eigenvalue weighted by molar-refractivity contribution is 7.92. The zero-order valence-corrected chi connectivity index (χ0v) is 14.2. The average Bonchev–Trinajstić information content (AvgIpc) is 2.46. The number of hydrogen-bond donors (Lipinski definition) is 1. The molecular weight excluding hydrogens is 316 g/mol. The minimum atomic E-state index is -3.67. The fourth-order valence-electron chi connectivity index (χ4n) is 2.89. The Labute approximate surface area is 136 Å². The third-order valence-corrected chi connectivity index (χ3v) is 5.98. The molecule has 23 heavy (non-hydrogen) atoms. The van der Waals surface area contributed by atoms with Gasteiger partial charge in [-0.1, -0.05) is 17.7 Å². The number of amides is 2. The Bertz CT molecular complexity index is 720. The van der Waals surface area contributed by atoms with Crippen LogP contribution in [0.1, 0.15) is 24.0 Å². The van der Waals surface area contributed by atoms with Gasteiger partial charge in [-0.15, -0.1) is 0 Å². The van der Waals surface area contributed by atoms with Crippen molar-refractivity contribution in [1.29, 1.82) is 0 Å². The molecule has 1 heterocycles. The van der Waals surface area contributed by atoms with Crippen molar-refractivity contribution < 1.29 is 18.0 Å². The predicted octanol–water partition coefficient (Wildman–Crippen LogP) is 0.801. The molecule has 1 aliphatic heterocycles. The van der Waals surface area contributed by atoms with E-state index in [4.69, 9.17) is 5.73 Å². The number of nitrogens with two attached hydrogens (primary N) is 1. The second kappa shape index (κ2) is 6.70. The molecule has 1 aromatic carbocycles. The Morgan fingerprint density at radius 2 is 1.83 bits per heavy atom. The highest BCUT2D eigenvalue weighted by atomic mass is 32.2. The van der Waals surface area contributed by atoms with Gasteiger partial charge in [-0.25, -0.2) is 8.42 Å². The Morgan fingerprint density at radius 3 is 2.35 bits per heavy atom. The first kappa shape index (κ1) is 17.5. The molecule has 1 aromatic rings. The van der Waals surface area contributed by atoms with Crippen LogP contribution in [0.5, 0.6) is 0 Å². The van der Waals surface area contributed by atoms with Crippen LogP contribution in [0.4, 0.5) is 0 Å². The summed E-state index contributed by atoms with van der Waals surface area (Å²) in [5, 5.41) is 0. The van der Waals surface area contributed by atoms with Crippen LogP contribution in [0, 0.1) is 19.8 Å². The lowest BCUT2D eigenvalue weighted by molar-refractivity contribution is -0.132. The summed E-state index contributed by atoms with van der Waals surface area (Å²) in [6, 6.07) is 5.06. The van der Waals surface area contributed by atoms with Crippen LogP contribution in [-0.4, -0.2) is 44.0 Å². The smallest absolute Gasteiger partial charge is 0.238 e. The molecule has 2 N–H and O–H groups in total. The van der Waals surface area contributed by atoms with Crippen molar-refractivity contribution in [3.05, 3.63) is 29.3 Å². The van der Waals surface area contributed by atoms with Crippen LogP contribution in [0.2, 0.25) is 0 Å². The molecule has 2 rings (SSSR count). The summed E-state index contributed by atoms with van der Waals surface area (Å²) in [7, 11) is -3.67. The standard InChI is InChI=1S/C16H22N2O4S/c1-11-3-4-14(12(2)9-11)23(21,22)10-15(19)18-7-5-13(6-8-18)16(17)20/h3-4,9,13H,5-8,10H2,1-2H3,(H2,17,20). The third kappa shape index (κ3) is 4.10. The second-order valence-corrected chi connectivity index (χ2v) is 8.04. The lowest BCUT2D eigenvalue weighted by atomic mass is 9.96. The molecule has 7 heteroatoms. The largest absolute Gasteiger partial charge is 0.369 e. The first-order chi connectivity index (χ1) is 10.7. The molecule has 0 unspecified atom stereocenters. The molecular formula is C16H22N2O4S. The zero-order valence-electron chi connectivity index (χ0n) is 13.4. The van der Waals surface area contributed by atoms with E-state index in [2.05, 4.69) is 0 Å². The number of benzene rings is 1. The van der Waals surface area contributed by atoms with E-state index < -0.39 is 21.5 Å². The van der Waals surface area contributed by atoms with Gasteiger partial charge in [0.1, 0.15) is 5.75 Å². The Balaban J connectivity index is 2.06. The average molecular weight is 338 g/mol. The van der Waals surface area contributed by atoms with E-state index in [1.165, 1.54) is 4.90 Å². The van der Waals surface area contributed by atoms with E-state index in [9.17, 15) is 18.0 Å². The Morgan fingerprint density at radius 1 is 1.22 bits per heavy atom. The van der Waals surface area contributed by atoms with Gasteiger partial charge in [0.2, 0.25) is 11.8 Å². The van der Waals surface area contributed by atoms with Crippen molar-refractivity contribution in [3.8, 4) is 0 Å². The molecule has 0 aromatic heterocycles. The number of primary amides is 1. The number of carbonyl (C=O) groups excluding carboxylic acids is 2. The van der Waals surface area contributed by atoms with Gasteiger partial charge >= 0.3 is 0 Å². The predicted molar refractivity (Wildman–Crippen MR) is 86.5 cm³/mol. The summed E-state index contributed by atoms with van der Waals surface area (Å²) < 4.78 is 24.9. The summed E-state index contributed by atoms with van der Waals surface area (Å²) in [4.78, 5) is 25.1. The van der Waals surface area contributed by atoms with Gasteiger partial charge < -0.3 is 10.6 Å². The van der Waals surface area contributed by atoms with Gasteiger partial charge in [-0.2, -0.15) is 0 Å². The fraction of sp³-hybridized carbons (Fsp3) is 0.500. The Kier molecular flexibility index (Phi) is 5.09. The molecule has 0 aliphatic carbocycles. The SMILES string of the molecule is Cc1ccc(S(=O)(=O)CC(=O)N2CCC(C(N)=O)CC2)c(C)c1. The van der Waals surface area contributed by atoms with Crippen LogP contribution in [0.15, 0.2) is 23.1 Å². The van der Waals surface area contributed by atoms with Gasteiger partial charge in [0, 0.05) is 19.0 Å². The van der Waals surface area contributed by atoms with Crippen molar-refractivity contribution in [3.63, 3.8) is 0 Å². The monoisotopic (exact) mass is 338 g/mol. The van der Waals surface area contributed by atoms with Crippen molar-refractivity contribution in [1.82, 2.24) is 4.90 Å². The summed E-state index contributed by atoms with van der Waals surface area (Å²) in [6.45, 7) is 4.35. The maximum absolute atomic E-state index is 12.5. The van der Waals surface area contributed by atoms with Crippen LogP contribution in [0.3, 0.4) is 0 Å². The van der Waals surface area contributed by atoms with E-state index in [0.717, 1.165) is 5.56 Å². The zero-order chi connectivity index (χ0) is 17.2. The molecule has 0 radical (unpaired) electrons. The number of nitrogens with zero attached hydrogens (tertiary/aromatic N) is 1. The highest BCUT2D eigenvalue weighted by Gasteiger charge is 2.29. The summed E-state index contributed by atoms with van der Waals surface area (Å²) in [5.41, 5.74) is 6.87. The fourth-order valence-corrected chi connectivity index (χ4v) is 4.38. The van der Waals surface area contributed by atoms with E-state index in [-0.39, 0.29) is 16.7 Å². The topological polar surface area (TPSA) is 97.5 Å². The first-order valence-electron chi connectivity index (χ1n) is 7.58. The van der Waals surface area contributed by atoms with E-state index in [1.54, 1.807) is 25.1 Å². The molecule has 0 bridgehead atoms. The molecule has 1 aliphatic rings. The maximum atomic E-state index is 12.5. The number of sulfone groups is 1. The second-order valence-electron chi connectivity index (χ2n) is 6.09. The third-order valence-electron chi connectivity index (χ3n) is 4.23. The normalized spacial score (nSPS) is 16.3. The van der Waals surface area contributed by atoms with Crippen LogP contribution in [-0.2, 0) is 19.4 Å². The van der Waals surface area contributed by atoms with Gasteiger partial charge in [0.05, 0.1) is 4.90 Å². The molecule has 0 atom stereocenters. The van der Waals surface area contributed by atoms with E-state index in [0.29, 0.717) is 31.5 Å². The van der Waals surface area contributed by atoms with Gasteiger partial charge in [0.15, 0.2) is 9.84 Å². The van der Waals surface area contributed by atoms with Crippen molar-refractivity contribution in [2.75, 3.05) is 18.8 Å². The molecule has 1 fully saturated rings. The molecule has 0 saturated carbocycles. The minimum absolute atomic E-state index is 0.198. The van der Waals surface area contributed by atoms with Gasteiger partial charge in [-0.3, -0.25) is 9.59 Å². The summed E-state index contributed by atoms with van der Waals surface area (Å²) in [5.74, 6) is -1.55.